The number of nitrogens with one attached hydrogen (secondary N) is 1. The molecule has 1 N–H and O–H groups in total. The third-order valence-electron chi connectivity index (χ3n) is 5.31. The fourth-order valence-electron chi connectivity index (χ4n) is 3.62. The molecule has 172 valence electrons. The van der Waals surface area contributed by atoms with E-state index in [4.69, 9.17) is 4.74 Å². The van der Waals surface area contributed by atoms with E-state index >= 15 is 0 Å². The van der Waals surface area contributed by atoms with Crippen molar-refractivity contribution in [1.82, 2.24) is 10.2 Å². The fraction of sp³-hybridized carbons (Fsp3) is 0.259. The lowest BCUT2D eigenvalue weighted by Crippen LogP contribution is -2.51. The Labute approximate surface area is 203 Å². The van der Waals surface area contributed by atoms with Crippen LogP contribution < -0.4 is 10.1 Å². The Bertz CT molecular complexity index is 1070. The molecule has 0 saturated heterocycles. The van der Waals surface area contributed by atoms with Gasteiger partial charge in [-0.15, -0.1) is 0 Å². The van der Waals surface area contributed by atoms with Gasteiger partial charge in [-0.05, 0) is 48.7 Å². The highest BCUT2D eigenvalue weighted by molar-refractivity contribution is 9.10. The summed E-state index contributed by atoms with van der Waals surface area (Å²) in [4.78, 5) is 28.2. The van der Waals surface area contributed by atoms with Crippen LogP contribution in [0.25, 0.3) is 0 Å². The van der Waals surface area contributed by atoms with Crippen LogP contribution in [0.5, 0.6) is 5.75 Å². The van der Waals surface area contributed by atoms with E-state index in [0.29, 0.717) is 25.3 Å². The van der Waals surface area contributed by atoms with Crippen LogP contribution in [0.3, 0.4) is 0 Å². The predicted octanol–water partition coefficient (Wildman–Crippen LogP) is 4.91. The van der Waals surface area contributed by atoms with Crippen LogP contribution in [0.15, 0.2) is 83.3 Å². The molecular formula is C27H29BrN2O3. The summed E-state index contributed by atoms with van der Waals surface area (Å²) in [5.74, 6) is 0.233. The summed E-state index contributed by atoms with van der Waals surface area (Å²) in [7, 11) is 0. The maximum absolute atomic E-state index is 13.5. The average molecular weight is 509 g/mol. The second-order valence-corrected chi connectivity index (χ2v) is 8.72. The molecule has 0 spiro atoms. The first-order valence-corrected chi connectivity index (χ1v) is 11.8. The molecule has 3 aromatic rings. The molecule has 6 heteroatoms. The zero-order valence-corrected chi connectivity index (χ0v) is 20.5. The van der Waals surface area contributed by atoms with Gasteiger partial charge in [0.1, 0.15) is 11.8 Å². The summed E-state index contributed by atoms with van der Waals surface area (Å²) in [5, 5.41) is 2.90. The number of ether oxygens (including phenoxy) is 1. The van der Waals surface area contributed by atoms with Gasteiger partial charge in [-0.25, -0.2) is 0 Å². The van der Waals surface area contributed by atoms with Gasteiger partial charge in [0.2, 0.25) is 5.91 Å². The number of benzene rings is 3. The van der Waals surface area contributed by atoms with E-state index in [9.17, 15) is 9.59 Å². The van der Waals surface area contributed by atoms with Gasteiger partial charge in [-0.1, -0.05) is 76.6 Å². The first-order valence-electron chi connectivity index (χ1n) is 11.0. The lowest BCUT2D eigenvalue weighted by Gasteiger charge is -2.31. The first kappa shape index (κ1) is 24.5. The highest BCUT2D eigenvalue weighted by atomic mass is 79.9. The van der Waals surface area contributed by atoms with Gasteiger partial charge < -0.3 is 15.0 Å². The molecule has 0 aromatic heterocycles. The van der Waals surface area contributed by atoms with Crippen LogP contribution in [0.2, 0.25) is 0 Å². The average Bonchev–Trinajstić information content (AvgIpc) is 2.81. The second kappa shape index (κ2) is 12.2. The van der Waals surface area contributed by atoms with Gasteiger partial charge in [0.15, 0.2) is 6.61 Å². The van der Waals surface area contributed by atoms with Crippen molar-refractivity contribution in [2.24, 2.45) is 0 Å². The summed E-state index contributed by atoms with van der Waals surface area (Å²) < 4.78 is 6.77. The molecule has 0 aliphatic heterocycles. The van der Waals surface area contributed by atoms with E-state index in [1.54, 1.807) is 4.90 Å². The monoisotopic (exact) mass is 508 g/mol. The summed E-state index contributed by atoms with van der Waals surface area (Å²) in [6, 6.07) is 24.4. The third kappa shape index (κ3) is 7.19. The number of likely N-dealkylation sites (N-methyl/N-ethyl adjacent to an activating group) is 1. The molecule has 33 heavy (non-hydrogen) atoms. The Hall–Kier alpha value is -3.12. The highest BCUT2D eigenvalue weighted by Crippen LogP contribution is 2.20. The van der Waals surface area contributed by atoms with Crippen molar-refractivity contribution in [3.8, 4) is 5.75 Å². The van der Waals surface area contributed by atoms with Gasteiger partial charge in [-0.3, -0.25) is 9.59 Å². The Morgan fingerprint density at radius 1 is 0.970 bits per heavy atom. The quantitative estimate of drug-likeness (QED) is 0.423. The number of aryl methyl sites for hydroxylation is 1. The number of carbonyl (C=O) groups excluding carboxylic acids is 2. The molecule has 3 rings (SSSR count). The molecule has 0 unspecified atom stereocenters. The highest BCUT2D eigenvalue weighted by Gasteiger charge is 2.30. The number of hydrogen-bond acceptors (Lipinski definition) is 3. The summed E-state index contributed by atoms with van der Waals surface area (Å²) in [6.07, 6.45) is 0.413. The molecule has 5 nitrogen and oxygen atoms in total. The molecule has 0 aliphatic carbocycles. The smallest absolute Gasteiger partial charge is 0.261 e. The van der Waals surface area contributed by atoms with Crippen LogP contribution in [0, 0.1) is 6.92 Å². The maximum Gasteiger partial charge on any atom is 0.261 e. The predicted molar refractivity (Wildman–Crippen MR) is 134 cm³/mol. The van der Waals surface area contributed by atoms with Gasteiger partial charge in [0.05, 0.1) is 0 Å². The Morgan fingerprint density at radius 3 is 2.36 bits per heavy atom. The normalized spacial score (nSPS) is 11.5. The first-order chi connectivity index (χ1) is 16.0. The lowest BCUT2D eigenvalue weighted by molar-refractivity contribution is -0.142. The fourth-order valence-corrected chi connectivity index (χ4v) is 4.07. The molecular weight excluding hydrogens is 480 g/mol. The van der Waals surface area contributed by atoms with Crippen molar-refractivity contribution in [3.63, 3.8) is 0 Å². The van der Waals surface area contributed by atoms with Crippen LogP contribution in [-0.2, 0) is 22.6 Å². The zero-order chi connectivity index (χ0) is 23.6. The van der Waals surface area contributed by atoms with E-state index in [0.717, 1.165) is 21.2 Å². The largest absolute Gasteiger partial charge is 0.484 e. The maximum atomic E-state index is 13.5. The van der Waals surface area contributed by atoms with E-state index in [1.807, 2.05) is 92.7 Å². The molecule has 0 heterocycles. The minimum Gasteiger partial charge on any atom is -0.484 e. The molecule has 2 amide bonds. The SMILES string of the molecule is CCNC(=O)[C@H](Cc1ccccc1)N(Cc1cccc(Br)c1)C(=O)COc1ccccc1C. The molecule has 0 radical (unpaired) electrons. The second-order valence-electron chi connectivity index (χ2n) is 7.81. The van der Waals surface area contributed by atoms with Crippen molar-refractivity contribution >= 4 is 27.7 Å². The van der Waals surface area contributed by atoms with Gasteiger partial charge in [-0.2, -0.15) is 0 Å². The van der Waals surface area contributed by atoms with Crippen molar-refractivity contribution in [2.45, 2.75) is 32.9 Å². The lowest BCUT2D eigenvalue weighted by atomic mass is 10.0. The van der Waals surface area contributed by atoms with Crippen molar-refractivity contribution < 1.29 is 14.3 Å². The van der Waals surface area contributed by atoms with E-state index in [1.165, 1.54) is 0 Å². The number of hydrogen-bond donors (Lipinski definition) is 1. The zero-order valence-electron chi connectivity index (χ0n) is 19.0. The third-order valence-corrected chi connectivity index (χ3v) is 5.80. The topological polar surface area (TPSA) is 58.6 Å². The van der Waals surface area contributed by atoms with Crippen LogP contribution >= 0.6 is 15.9 Å². The number of halogens is 1. The molecule has 0 aliphatic rings. The van der Waals surface area contributed by atoms with Gasteiger partial charge in [0.25, 0.3) is 5.91 Å². The molecule has 0 saturated carbocycles. The standard InChI is InChI=1S/C27H29BrN2O3/c1-3-29-27(32)24(17-21-11-5-4-6-12-21)30(18-22-13-9-14-23(28)16-22)26(31)19-33-25-15-8-7-10-20(25)2/h4-16,24H,3,17-19H2,1-2H3,(H,29,32)/t24-/m0/s1. The van der Waals surface area contributed by atoms with Crippen molar-refractivity contribution in [1.29, 1.82) is 0 Å². The van der Waals surface area contributed by atoms with Gasteiger partial charge >= 0.3 is 0 Å². The minimum atomic E-state index is -0.667. The summed E-state index contributed by atoms with van der Waals surface area (Å²) in [6.45, 7) is 4.45. The molecule has 3 aromatic carbocycles. The van der Waals surface area contributed by atoms with E-state index in [-0.39, 0.29) is 18.4 Å². The summed E-state index contributed by atoms with van der Waals surface area (Å²) >= 11 is 3.50. The molecule has 0 bridgehead atoms. The molecule has 0 fully saturated rings. The van der Waals surface area contributed by atoms with E-state index < -0.39 is 6.04 Å². The van der Waals surface area contributed by atoms with Crippen LogP contribution in [0.4, 0.5) is 0 Å². The van der Waals surface area contributed by atoms with Crippen LogP contribution in [-0.4, -0.2) is 35.9 Å². The number of nitrogens with zero attached hydrogens (tertiary/aromatic N) is 1. The number of para-hydroxylation sites is 1. The van der Waals surface area contributed by atoms with E-state index in [2.05, 4.69) is 21.2 Å². The van der Waals surface area contributed by atoms with Crippen molar-refractivity contribution in [2.75, 3.05) is 13.2 Å². The Balaban J connectivity index is 1.90. The Morgan fingerprint density at radius 2 is 1.67 bits per heavy atom. The number of carbonyl (C=O) groups is 2. The van der Waals surface area contributed by atoms with Crippen LogP contribution in [0.1, 0.15) is 23.6 Å². The summed E-state index contributed by atoms with van der Waals surface area (Å²) in [5.41, 5.74) is 2.87. The molecule has 1 atom stereocenters. The Kier molecular flexibility index (Phi) is 9.07. The minimum absolute atomic E-state index is 0.149. The van der Waals surface area contributed by atoms with Crippen molar-refractivity contribution in [3.05, 3.63) is 100 Å². The van der Waals surface area contributed by atoms with Gasteiger partial charge in [0, 0.05) is 24.0 Å². The number of amides is 2. The number of rotatable bonds is 10.